The van der Waals surface area contributed by atoms with E-state index < -0.39 is 0 Å². The predicted octanol–water partition coefficient (Wildman–Crippen LogP) is 2.28. The van der Waals surface area contributed by atoms with Gasteiger partial charge in [0, 0.05) is 31.9 Å². The van der Waals surface area contributed by atoms with Crippen molar-refractivity contribution < 1.29 is 4.79 Å². The van der Waals surface area contributed by atoms with E-state index in [1.54, 1.807) is 0 Å². The fourth-order valence-electron chi connectivity index (χ4n) is 3.70. The molecule has 2 saturated heterocycles. The lowest BCUT2D eigenvalue weighted by molar-refractivity contribution is 0.0787. The Bertz CT molecular complexity index is 537. The van der Waals surface area contributed by atoms with E-state index in [9.17, 15) is 4.79 Å². The summed E-state index contributed by atoms with van der Waals surface area (Å²) in [5.74, 6) is 0.804. The molecule has 4 nitrogen and oxygen atoms in total. The second kappa shape index (κ2) is 6.69. The number of amides is 1. The minimum Gasteiger partial charge on any atom is -0.371 e. The average molecular weight is 301 g/mol. The Morgan fingerprint density at radius 2 is 2.05 bits per heavy atom. The SMILES string of the molecule is CNC[C@H]1CCN(C(=O)c2cc(C)ccc2N2CCCC2)C1. The number of carbonyl (C=O) groups is 1. The number of likely N-dealkylation sites (tertiary alicyclic amines) is 1. The van der Waals surface area contributed by atoms with Crippen LogP contribution in [0.2, 0.25) is 0 Å². The Hall–Kier alpha value is -1.55. The lowest BCUT2D eigenvalue weighted by atomic mass is 10.1. The molecule has 0 aromatic heterocycles. The van der Waals surface area contributed by atoms with Gasteiger partial charge in [0.25, 0.3) is 5.91 Å². The number of anilines is 1. The van der Waals surface area contributed by atoms with Gasteiger partial charge in [0.15, 0.2) is 0 Å². The maximum Gasteiger partial charge on any atom is 0.255 e. The molecule has 0 aliphatic carbocycles. The summed E-state index contributed by atoms with van der Waals surface area (Å²) in [4.78, 5) is 17.4. The van der Waals surface area contributed by atoms with Crippen molar-refractivity contribution in [1.29, 1.82) is 0 Å². The highest BCUT2D eigenvalue weighted by atomic mass is 16.2. The molecule has 0 saturated carbocycles. The quantitative estimate of drug-likeness (QED) is 0.927. The molecule has 0 spiro atoms. The van der Waals surface area contributed by atoms with E-state index in [4.69, 9.17) is 0 Å². The summed E-state index contributed by atoms with van der Waals surface area (Å²) in [7, 11) is 1.98. The molecule has 3 rings (SSSR count). The van der Waals surface area contributed by atoms with Gasteiger partial charge in [-0.1, -0.05) is 11.6 Å². The zero-order valence-electron chi connectivity index (χ0n) is 13.8. The molecule has 2 aliphatic rings. The lowest BCUT2D eigenvalue weighted by Crippen LogP contribution is -2.32. The number of nitrogens with one attached hydrogen (secondary N) is 1. The van der Waals surface area contributed by atoms with E-state index in [0.717, 1.165) is 56.0 Å². The van der Waals surface area contributed by atoms with Crippen molar-refractivity contribution in [2.45, 2.75) is 26.2 Å². The highest BCUT2D eigenvalue weighted by Gasteiger charge is 2.29. The lowest BCUT2D eigenvalue weighted by Gasteiger charge is -2.24. The first-order valence-electron chi connectivity index (χ1n) is 8.48. The number of benzene rings is 1. The molecule has 0 bridgehead atoms. The van der Waals surface area contributed by atoms with Gasteiger partial charge in [0.05, 0.1) is 5.56 Å². The number of rotatable bonds is 4. The zero-order valence-corrected chi connectivity index (χ0v) is 13.8. The van der Waals surface area contributed by atoms with Gasteiger partial charge in [0.2, 0.25) is 0 Å². The Balaban J connectivity index is 1.81. The number of hydrogen-bond donors (Lipinski definition) is 1. The van der Waals surface area contributed by atoms with Crippen LogP contribution in [0.5, 0.6) is 0 Å². The van der Waals surface area contributed by atoms with Crippen molar-refractivity contribution in [3.8, 4) is 0 Å². The van der Waals surface area contributed by atoms with Gasteiger partial charge in [0.1, 0.15) is 0 Å². The third-order valence-corrected chi connectivity index (χ3v) is 4.90. The molecular weight excluding hydrogens is 274 g/mol. The van der Waals surface area contributed by atoms with Crippen molar-refractivity contribution in [3.05, 3.63) is 29.3 Å². The van der Waals surface area contributed by atoms with Gasteiger partial charge in [-0.15, -0.1) is 0 Å². The molecular formula is C18H27N3O. The van der Waals surface area contributed by atoms with Crippen LogP contribution in [0.15, 0.2) is 18.2 Å². The molecule has 4 heteroatoms. The first kappa shape index (κ1) is 15.3. The second-order valence-electron chi connectivity index (χ2n) is 6.68. The van der Waals surface area contributed by atoms with Crippen molar-refractivity contribution in [3.63, 3.8) is 0 Å². The minimum atomic E-state index is 0.212. The van der Waals surface area contributed by atoms with Crippen LogP contribution < -0.4 is 10.2 Å². The molecule has 1 amide bonds. The summed E-state index contributed by atoms with van der Waals surface area (Å²) in [6.07, 6.45) is 3.57. The molecule has 1 aromatic rings. The van der Waals surface area contributed by atoms with E-state index in [1.165, 1.54) is 12.8 Å². The Morgan fingerprint density at radius 3 is 2.77 bits per heavy atom. The van der Waals surface area contributed by atoms with Gasteiger partial charge >= 0.3 is 0 Å². The summed E-state index contributed by atoms with van der Waals surface area (Å²) in [6.45, 7) is 6.98. The van der Waals surface area contributed by atoms with Gasteiger partial charge in [-0.2, -0.15) is 0 Å². The minimum absolute atomic E-state index is 0.212. The third-order valence-electron chi connectivity index (χ3n) is 4.90. The molecule has 1 aromatic carbocycles. The molecule has 1 atom stereocenters. The molecule has 2 fully saturated rings. The third kappa shape index (κ3) is 3.12. The number of nitrogens with zero attached hydrogens (tertiary/aromatic N) is 2. The Kier molecular flexibility index (Phi) is 4.67. The fourth-order valence-corrected chi connectivity index (χ4v) is 3.70. The van der Waals surface area contributed by atoms with E-state index in [1.807, 2.05) is 11.9 Å². The largest absolute Gasteiger partial charge is 0.371 e. The first-order chi connectivity index (χ1) is 10.7. The highest BCUT2D eigenvalue weighted by Crippen LogP contribution is 2.28. The van der Waals surface area contributed by atoms with Crippen LogP contribution in [-0.2, 0) is 0 Å². The fraction of sp³-hybridized carbons (Fsp3) is 0.611. The van der Waals surface area contributed by atoms with Gasteiger partial charge in [-0.25, -0.2) is 0 Å². The van der Waals surface area contributed by atoms with Gasteiger partial charge < -0.3 is 15.1 Å². The van der Waals surface area contributed by atoms with Crippen LogP contribution in [0.3, 0.4) is 0 Å². The molecule has 0 radical (unpaired) electrons. The molecule has 2 heterocycles. The van der Waals surface area contributed by atoms with Gasteiger partial charge in [-0.05, 0) is 57.8 Å². The first-order valence-corrected chi connectivity index (χ1v) is 8.48. The van der Waals surface area contributed by atoms with Crippen LogP contribution in [0.4, 0.5) is 5.69 Å². The van der Waals surface area contributed by atoms with Crippen LogP contribution in [0.1, 0.15) is 35.2 Å². The van der Waals surface area contributed by atoms with Gasteiger partial charge in [-0.3, -0.25) is 4.79 Å². The standard InChI is InChI=1S/C18H27N3O/c1-14-5-6-17(20-8-3-4-9-20)16(11-14)18(22)21-10-7-15(13-21)12-19-2/h5-6,11,15,19H,3-4,7-10,12-13H2,1-2H3/t15-/m1/s1. The van der Waals surface area contributed by atoms with Crippen molar-refractivity contribution in [1.82, 2.24) is 10.2 Å². The molecule has 1 N–H and O–H groups in total. The second-order valence-corrected chi connectivity index (χ2v) is 6.68. The van der Waals surface area contributed by atoms with Crippen LogP contribution in [0.25, 0.3) is 0 Å². The van der Waals surface area contributed by atoms with E-state index >= 15 is 0 Å². The molecule has 0 unspecified atom stereocenters. The number of aryl methyl sites for hydroxylation is 1. The Labute approximate surface area is 133 Å². The van der Waals surface area contributed by atoms with Crippen LogP contribution in [0, 0.1) is 12.8 Å². The predicted molar refractivity (Wildman–Crippen MR) is 90.6 cm³/mol. The Morgan fingerprint density at radius 1 is 1.27 bits per heavy atom. The monoisotopic (exact) mass is 301 g/mol. The summed E-state index contributed by atoms with van der Waals surface area (Å²) in [6, 6.07) is 6.33. The maximum atomic E-state index is 13.0. The normalized spacial score (nSPS) is 21.6. The summed E-state index contributed by atoms with van der Waals surface area (Å²) in [5, 5.41) is 3.23. The van der Waals surface area contributed by atoms with E-state index in [0.29, 0.717) is 5.92 Å². The summed E-state index contributed by atoms with van der Waals surface area (Å²) in [5.41, 5.74) is 3.19. The van der Waals surface area contributed by atoms with Crippen molar-refractivity contribution in [2.24, 2.45) is 5.92 Å². The number of carbonyl (C=O) groups excluding carboxylic acids is 1. The van der Waals surface area contributed by atoms with Crippen LogP contribution >= 0.6 is 0 Å². The summed E-state index contributed by atoms with van der Waals surface area (Å²) < 4.78 is 0. The highest BCUT2D eigenvalue weighted by molar-refractivity contribution is 6.00. The van der Waals surface area contributed by atoms with Crippen molar-refractivity contribution in [2.75, 3.05) is 44.7 Å². The molecule has 2 aliphatic heterocycles. The average Bonchev–Trinajstić information content (AvgIpc) is 3.18. The van der Waals surface area contributed by atoms with E-state index in [2.05, 4.69) is 35.3 Å². The maximum absolute atomic E-state index is 13.0. The summed E-state index contributed by atoms with van der Waals surface area (Å²) >= 11 is 0. The van der Waals surface area contributed by atoms with Crippen LogP contribution in [-0.4, -0.2) is 50.6 Å². The smallest absolute Gasteiger partial charge is 0.255 e. The topological polar surface area (TPSA) is 35.6 Å². The van der Waals surface area contributed by atoms with E-state index in [-0.39, 0.29) is 5.91 Å². The molecule has 22 heavy (non-hydrogen) atoms. The number of hydrogen-bond acceptors (Lipinski definition) is 3. The molecule has 120 valence electrons. The van der Waals surface area contributed by atoms with Crippen molar-refractivity contribution >= 4 is 11.6 Å². The zero-order chi connectivity index (χ0) is 15.5.